The quantitative estimate of drug-likeness (QED) is 0.585. The van der Waals surface area contributed by atoms with Crippen molar-refractivity contribution in [3.8, 4) is 0 Å². The van der Waals surface area contributed by atoms with Crippen molar-refractivity contribution in [3.63, 3.8) is 0 Å². The Morgan fingerprint density at radius 2 is 2.06 bits per heavy atom. The predicted molar refractivity (Wildman–Crippen MR) is 134 cm³/mol. The van der Waals surface area contributed by atoms with Crippen LogP contribution in [0.25, 0.3) is 0 Å². The van der Waals surface area contributed by atoms with Crippen LogP contribution in [0.3, 0.4) is 0 Å². The Kier molecular flexibility index (Phi) is 6.94. The van der Waals surface area contributed by atoms with Gasteiger partial charge in [0.1, 0.15) is 11.6 Å². The molecule has 0 saturated carbocycles. The zero-order chi connectivity index (χ0) is 25.3. The average molecular weight is 497 g/mol. The van der Waals surface area contributed by atoms with E-state index in [1.54, 1.807) is 0 Å². The van der Waals surface area contributed by atoms with Crippen LogP contribution in [-0.2, 0) is 6.54 Å². The van der Waals surface area contributed by atoms with Gasteiger partial charge in [0, 0.05) is 55.8 Å². The molecular weight excluding hydrogens is 462 g/mol. The largest absolute Gasteiger partial charge is 0.331 e. The van der Waals surface area contributed by atoms with E-state index < -0.39 is 17.2 Å². The highest BCUT2D eigenvalue weighted by Crippen LogP contribution is 2.33. The summed E-state index contributed by atoms with van der Waals surface area (Å²) in [5, 5.41) is 3.32. The summed E-state index contributed by atoms with van der Waals surface area (Å²) in [6.45, 7) is 6.71. The molecule has 3 aliphatic heterocycles. The highest BCUT2D eigenvalue weighted by Gasteiger charge is 2.39. The standard InChI is InChI=1S/C27H34F2N6O/c1-3-27(10-5-12-34(17-27)15-20-22(28)6-4-7-23(20)29)31-26(36)35-13-9-24-21(16-35)25(33-32-24)19-8-11-30-18(2)14-19/h4,6-8,11,14,25,32-33H,3,5,9-10,12-13,15-17H2,1-2H3,(H,31,36). The zero-order valence-electron chi connectivity index (χ0n) is 20.9. The Bertz CT molecular complexity index is 1150. The van der Waals surface area contributed by atoms with Crippen LogP contribution in [0.2, 0.25) is 0 Å². The number of carbonyl (C=O) groups is 1. The van der Waals surface area contributed by atoms with E-state index in [1.807, 2.05) is 24.1 Å². The van der Waals surface area contributed by atoms with Gasteiger partial charge in [0.2, 0.25) is 0 Å². The van der Waals surface area contributed by atoms with Crippen molar-refractivity contribution in [3.05, 3.63) is 76.3 Å². The summed E-state index contributed by atoms with van der Waals surface area (Å²) in [6.07, 6.45) is 5.02. The number of amides is 2. The third-order valence-corrected chi connectivity index (χ3v) is 7.79. The summed E-state index contributed by atoms with van der Waals surface area (Å²) < 4.78 is 28.5. The van der Waals surface area contributed by atoms with Crippen LogP contribution in [0.4, 0.5) is 13.6 Å². The molecular formula is C27H34F2N6O. The number of aromatic nitrogens is 1. The lowest BCUT2D eigenvalue weighted by molar-refractivity contribution is 0.106. The van der Waals surface area contributed by atoms with E-state index in [2.05, 4.69) is 39.0 Å². The van der Waals surface area contributed by atoms with Gasteiger partial charge in [-0.05, 0) is 68.1 Å². The zero-order valence-corrected chi connectivity index (χ0v) is 20.9. The SMILES string of the molecule is CCC1(NC(=O)N2CCC3=C(C2)C(c2ccnc(C)c2)NN3)CCCN(Cc2c(F)cccc2F)C1. The van der Waals surface area contributed by atoms with Gasteiger partial charge in [0.05, 0.1) is 11.6 Å². The van der Waals surface area contributed by atoms with E-state index in [1.165, 1.54) is 23.8 Å². The molecule has 1 saturated heterocycles. The Morgan fingerprint density at radius 1 is 1.25 bits per heavy atom. The molecule has 3 N–H and O–H groups in total. The van der Waals surface area contributed by atoms with E-state index >= 15 is 0 Å². The summed E-state index contributed by atoms with van der Waals surface area (Å²) in [5.41, 5.74) is 10.7. The molecule has 1 aromatic heterocycles. The minimum Gasteiger partial charge on any atom is -0.331 e. The molecule has 192 valence electrons. The highest BCUT2D eigenvalue weighted by atomic mass is 19.1. The number of hydrogen-bond acceptors (Lipinski definition) is 5. The minimum atomic E-state index is -0.526. The number of nitrogens with zero attached hydrogens (tertiary/aromatic N) is 3. The molecule has 0 bridgehead atoms. The molecule has 4 heterocycles. The number of urea groups is 1. The molecule has 9 heteroatoms. The average Bonchev–Trinajstić information content (AvgIpc) is 3.30. The van der Waals surface area contributed by atoms with Gasteiger partial charge in [0.25, 0.3) is 0 Å². The van der Waals surface area contributed by atoms with Crippen molar-refractivity contribution < 1.29 is 13.6 Å². The molecule has 1 aromatic carbocycles. The maximum Gasteiger partial charge on any atom is 0.318 e. The molecule has 0 spiro atoms. The lowest BCUT2D eigenvalue weighted by Gasteiger charge is -2.44. The van der Waals surface area contributed by atoms with Gasteiger partial charge in [-0.2, -0.15) is 0 Å². The topological polar surface area (TPSA) is 72.5 Å². The van der Waals surface area contributed by atoms with Crippen molar-refractivity contribution in [2.75, 3.05) is 26.2 Å². The molecule has 2 amide bonds. The van der Waals surface area contributed by atoms with Crippen LogP contribution in [-0.4, -0.2) is 52.5 Å². The Hall–Kier alpha value is -3.04. The van der Waals surface area contributed by atoms with E-state index in [4.69, 9.17) is 0 Å². The molecule has 5 rings (SSSR count). The van der Waals surface area contributed by atoms with Crippen LogP contribution in [0.1, 0.15) is 55.5 Å². The molecule has 3 aliphatic rings. The second-order valence-corrected chi connectivity index (χ2v) is 10.2. The van der Waals surface area contributed by atoms with Gasteiger partial charge in [0.15, 0.2) is 0 Å². The first-order chi connectivity index (χ1) is 17.4. The third kappa shape index (κ3) is 4.95. The van der Waals surface area contributed by atoms with Crippen molar-refractivity contribution in [1.82, 2.24) is 31.0 Å². The monoisotopic (exact) mass is 496 g/mol. The number of likely N-dealkylation sites (tertiary alicyclic amines) is 1. The fraction of sp³-hybridized carbons (Fsp3) is 0.481. The summed E-state index contributed by atoms with van der Waals surface area (Å²) >= 11 is 0. The maximum absolute atomic E-state index is 14.3. The molecule has 7 nitrogen and oxygen atoms in total. The maximum atomic E-state index is 14.3. The van der Waals surface area contributed by atoms with Gasteiger partial charge >= 0.3 is 6.03 Å². The first-order valence-electron chi connectivity index (χ1n) is 12.8. The first-order valence-corrected chi connectivity index (χ1v) is 12.8. The van der Waals surface area contributed by atoms with Crippen LogP contribution < -0.4 is 16.2 Å². The van der Waals surface area contributed by atoms with Crippen molar-refractivity contribution in [1.29, 1.82) is 0 Å². The van der Waals surface area contributed by atoms with Gasteiger partial charge in [-0.3, -0.25) is 9.88 Å². The van der Waals surface area contributed by atoms with Gasteiger partial charge < -0.3 is 15.6 Å². The van der Waals surface area contributed by atoms with Gasteiger partial charge in [-0.1, -0.05) is 13.0 Å². The number of carbonyl (C=O) groups excluding carboxylic acids is 1. The number of benzene rings is 1. The van der Waals surface area contributed by atoms with E-state index in [9.17, 15) is 13.6 Å². The molecule has 36 heavy (non-hydrogen) atoms. The number of hydrogen-bond donors (Lipinski definition) is 3. The Morgan fingerprint density at radius 3 is 2.81 bits per heavy atom. The normalized spacial score (nSPS) is 24.4. The second kappa shape index (κ2) is 10.1. The number of nitrogens with one attached hydrogen (secondary N) is 3. The number of hydrazine groups is 1. The summed E-state index contributed by atoms with van der Waals surface area (Å²) in [7, 11) is 0. The van der Waals surface area contributed by atoms with Crippen LogP contribution >= 0.6 is 0 Å². The predicted octanol–water partition coefficient (Wildman–Crippen LogP) is 3.93. The number of halogens is 2. The van der Waals surface area contributed by atoms with E-state index in [0.29, 0.717) is 19.6 Å². The van der Waals surface area contributed by atoms with Gasteiger partial charge in [-0.15, -0.1) is 0 Å². The summed E-state index contributed by atoms with van der Waals surface area (Å²) in [4.78, 5) is 21.7. The molecule has 0 aliphatic carbocycles. The molecule has 0 radical (unpaired) electrons. The van der Waals surface area contributed by atoms with Crippen LogP contribution in [0.15, 0.2) is 47.8 Å². The van der Waals surface area contributed by atoms with Crippen LogP contribution in [0, 0.1) is 18.6 Å². The summed E-state index contributed by atoms with van der Waals surface area (Å²) in [6, 6.07) is 7.96. The van der Waals surface area contributed by atoms with Crippen LogP contribution in [0.5, 0.6) is 0 Å². The second-order valence-electron chi connectivity index (χ2n) is 10.2. The number of aryl methyl sites for hydroxylation is 1. The first kappa shape index (κ1) is 24.6. The number of rotatable bonds is 5. The molecule has 2 aromatic rings. The van der Waals surface area contributed by atoms with Gasteiger partial charge in [-0.25, -0.2) is 19.0 Å². The Balaban J connectivity index is 1.26. The third-order valence-electron chi connectivity index (χ3n) is 7.79. The Labute approximate surface area is 210 Å². The van der Waals surface area contributed by atoms with Crippen molar-refractivity contribution in [2.24, 2.45) is 0 Å². The molecule has 2 atom stereocenters. The summed E-state index contributed by atoms with van der Waals surface area (Å²) in [5.74, 6) is -1.05. The minimum absolute atomic E-state index is 0.00160. The molecule has 2 unspecified atom stereocenters. The highest BCUT2D eigenvalue weighted by molar-refractivity contribution is 5.76. The van der Waals surface area contributed by atoms with Crippen molar-refractivity contribution in [2.45, 2.75) is 57.7 Å². The number of piperidine rings is 1. The lowest BCUT2D eigenvalue weighted by atomic mass is 9.86. The van der Waals surface area contributed by atoms with E-state index in [0.717, 1.165) is 49.2 Å². The number of pyridine rings is 1. The van der Waals surface area contributed by atoms with Crippen molar-refractivity contribution >= 4 is 6.03 Å². The van der Waals surface area contributed by atoms with E-state index in [-0.39, 0.29) is 24.2 Å². The molecule has 1 fully saturated rings. The lowest BCUT2D eigenvalue weighted by Crippen LogP contribution is -2.61. The fourth-order valence-corrected chi connectivity index (χ4v) is 5.70. The smallest absolute Gasteiger partial charge is 0.318 e. The fourth-order valence-electron chi connectivity index (χ4n) is 5.70.